The molecule has 156 valence electrons. The Morgan fingerprint density at radius 2 is 2.03 bits per heavy atom. The average Bonchev–Trinajstić information content (AvgIpc) is 3.30. The Morgan fingerprint density at radius 3 is 2.69 bits per heavy atom. The van der Waals surface area contributed by atoms with Gasteiger partial charge in [-0.2, -0.15) is 0 Å². The summed E-state index contributed by atoms with van der Waals surface area (Å²) in [5.41, 5.74) is -0.730. The second-order valence-corrected chi connectivity index (χ2v) is 7.11. The summed E-state index contributed by atoms with van der Waals surface area (Å²) in [5, 5.41) is 13.0. The number of halogens is 1. The van der Waals surface area contributed by atoms with Gasteiger partial charge in [-0.25, -0.2) is 9.18 Å². The van der Waals surface area contributed by atoms with E-state index in [1.807, 2.05) is 6.92 Å². The molecule has 0 radical (unpaired) electrons. The van der Waals surface area contributed by atoms with Crippen molar-refractivity contribution in [2.45, 2.75) is 44.4 Å². The minimum Gasteiger partial charge on any atom is -0.467 e. The van der Waals surface area contributed by atoms with Gasteiger partial charge in [-0.15, -0.1) is 0 Å². The number of hydrogen-bond donors (Lipinski definition) is 2. The molecule has 1 aliphatic rings. The van der Waals surface area contributed by atoms with Crippen LogP contribution in [0.2, 0.25) is 0 Å². The third-order valence-corrected chi connectivity index (χ3v) is 4.95. The summed E-state index contributed by atoms with van der Waals surface area (Å²) in [6.07, 6.45) is 2.39. The molecule has 2 unspecified atom stereocenters. The number of aliphatic hydroxyl groups is 1. The van der Waals surface area contributed by atoms with Gasteiger partial charge in [-0.3, -0.25) is 9.69 Å². The Kier molecular flexibility index (Phi) is 6.66. The third kappa shape index (κ3) is 4.65. The summed E-state index contributed by atoms with van der Waals surface area (Å²) >= 11 is 0. The number of amides is 3. The first-order valence-electron chi connectivity index (χ1n) is 9.64. The van der Waals surface area contributed by atoms with Crippen LogP contribution in [0.4, 0.5) is 9.18 Å². The standard InChI is InChI=1S/C21H25FN2O5/c1-2-3-10-21(15-6-8-16(22)9-7-15)19(26)24(20(27)23-21)12-17(25)13-28-14-18-5-4-11-29-18/h4-9,11,17,25H,2-3,10,12-14H2,1H3,(H,23,27). The number of carbonyl (C=O) groups is 2. The number of β-amino-alcohol motifs (C(OH)–C–C–N with tert-alkyl or cyclic N) is 1. The molecular weight excluding hydrogens is 379 g/mol. The molecule has 29 heavy (non-hydrogen) atoms. The predicted molar refractivity (Wildman–Crippen MR) is 102 cm³/mol. The van der Waals surface area contributed by atoms with Crippen LogP contribution in [0, 0.1) is 5.82 Å². The number of nitrogens with one attached hydrogen (secondary N) is 1. The van der Waals surface area contributed by atoms with E-state index in [-0.39, 0.29) is 19.8 Å². The van der Waals surface area contributed by atoms with Crippen LogP contribution in [-0.2, 0) is 21.7 Å². The fraction of sp³-hybridized carbons (Fsp3) is 0.429. The second-order valence-electron chi connectivity index (χ2n) is 7.11. The SMILES string of the molecule is CCCCC1(c2ccc(F)cc2)NC(=O)N(CC(O)COCc2ccco2)C1=O. The van der Waals surface area contributed by atoms with E-state index in [1.165, 1.54) is 30.5 Å². The highest BCUT2D eigenvalue weighted by Crippen LogP contribution is 2.34. The molecule has 0 aliphatic carbocycles. The summed E-state index contributed by atoms with van der Waals surface area (Å²) in [6, 6.07) is 8.44. The van der Waals surface area contributed by atoms with Gasteiger partial charge in [0.15, 0.2) is 0 Å². The van der Waals surface area contributed by atoms with E-state index in [2.05, 4.69) is 5.32 Å². The highest BCUT2D eigenvalue weighted by molar-refractivity contribution is 6.07. The van der Waals surface area contributed by atoms with Crippen LogP contribution in [0.1, 0.15) is 37.5 Å². The molecular formula is C21H25FN2O5. The number of imide groups is 1. The fourth-order valence-electron chi connectivity index (χ4n) is 3.43. The smallest absolute Gasteiger partial charge is 0.325 e. The average molecular weight is 404 g/mol. The number of hydrogen-bond acceptors (Lipinski definition) is 5. The van der Waals surface area contributed by atoms with Crippen molar-refractivity contribution in [1.82, 2.24) is 10.2 Å². The Hall–Kier alpha value is -2.71. The fourth-order valence-corrected chi connectivity index (χ4v) is 3.43. The van der Waals surface area contributed by atoms with Crippen LogP contribution >= 0.6 is 0 Å². The first-order valence-corrected chi connectivity index (χ1v) is 9.64. The predicted octanol–water partition coefficient (Wildman–Crippen LogP) is 2.93. The number of ether oxygens (including phenoxy) is 1. The minimum absolute atomic E-state index is 0.0593. The van der Waals surface area contributed by atoms with Gasteiger partial charge in [0.2, 0.25) is 0 Å². The quantitative estimate of drug-likeness (QED) is 0.594. The maximum Gasteiger partial charge on any atom is 0.325 e. The molecule has 1 saturated heterocycles. The van der Waals surface area contributed by atoms with E-state index < -0.39 is 29.4 Å². The Bertz CT molecular complexity index is 824. The van der Waals surface area contributed by atoms with E-state index in [4.69, 9.17) is 9.15 Å². The summed E-state index contributed by atoms with van der Waals surface area (Å²) in [4.78, 5) is 26.8. The lowest BCUT2D eigenvalue weighted by Gasteiger charge is -2.27. The number of furan rings is 1. The van der Waals surface area contributed by atoms with Crippen molar-refractivity contribution in [3.05, 3.63) is 59.8 Å². The van der Waals surface area contributed by atoms with E-state index >= 15 is 0 Å². The Labute approximate surface area is 168 Å². The van der Waals surface area contributed by atoms with Crippen molar-refractivity contribution in [3.63, 3.8) is 0 Å². The number of aliphatic hydroxyl groups excluding tert-OH is 1. The van der Waals surface area contributed by atoms with Crippen molar-refractivity contribution >= 4 is 11.9 Å². The maximum atomic E-state index is 13.4. The van der Waals surface area contributed by atoms with Crippen LogP contribution in [0.15, 0.2) is 47.1 Å². The topological polar surface area (TPSA) is 92.0 Å². The van der Waals surface area contributed by atoms with E-state index in [1.54, 1.807) is 12.1 Å². The minimum atomic E-state index is -1.25. The van der Waals surface area contributed by atoms with Crippen molar-refractivity contribution < 1.29 is 28.2 Å². The van der Waals surface area contributed by atoms with Crippen molar-refractivity contribution in [3.8, 4) is 0 Å². The molecule has 3 rings (SSSR count). The van der Waals surface area contributed by atoms with Crippen molar-refractivity contribution in [2.75, 3.05) is 13.2 Å². The van der Waals surface area contributed by atoms with E-state index in [9.17, 15) is 19.1 Å². The van der Waals surface area contributed by atoms with Gasteiger partial charge < -0.3 is 19.6 Å². The van der Waals surface area contributed by atoms with Gasteiger partial charge >= 0.3 is 6.03 Å². The zero-order chi connectivity index (χ0) is 20.9. The second kappa shape index (κ2) is 9.19. The van der Waals surface area contributed by atoms with Gasteiger partial charge in [0.1, 0.15) is 23.7 Å². The summed E-state index contributed by atoms with van der Waals surface area (Å²) in [7, 11) is 0. The van der Waals surface area contributed by atoms with Crippen LogP contribution in [0.5, 0.6) is 0 Å². The molecule has 1 aliphatic heterocycles. The number of nitrogens with zero attached hydrogens (tertiary/aromatic N) is 1. The molecule has 2 aromatic rings. The highest BCUT2D eigenvalue weighted by Gasteiger charge is 2.52. The van der Waals surface area contributed by atoms with Gasteiger partial charge in [-0.05, 0) is 36.2 Å². The van der Waals surface area contributed by atoms with Gasteiger partial charge in [0.05, 0.1) is 25.5 Å². The van der Waals surface area contributed by atoms with Crippen LogP contribution in [0.25, 0.3) is 0 Å². The molecule has 0 saturated carbocycles. The number of urea groups is 1. The van der Waals surface area contributed by atoms with Gasteiger partial charge in [-0.1, -0.05) is 31.9 Å². The summed E-state index contributed by atoms with van der Waals surface area (Å²) < 4.78 is 23.9. The largest absolute Gasteiger partial charge is 0.467 e. The molecule has 8 heteroatoms. The normalized spacial score (nSPS) is 20.2. The number of unbranched alkanes of at least 4 members (excludes halogenated alkanes) is 1. The molecule has 2 atom stereocenters. The molecule has 2 N–H and O–H groups in total. The van der Waals surface area contributed by atoms with Crippen molar-refractivity contribution in [1.29, 1.82) is 0 Å². The van der Waals surface area contributed by atoms with Gasteiger partial charge in [0.25, 0.3) is 5.91 Å². The third-order valence-electron chi connectivity index (χ3n) is 4.95. The van der Waals surface area contributed by atoms with E-state index in [0.717, 1.165) is 11.3 Å². The zero-order valence-electron chi connectivity index (χ0n) is 16.3. The first kappa shape index (κ1) is 21.0. The summed E-state index contributed by atoms with van der Waals surface area (Å²) in [5.74, 6) is -0.258. The van der Waals surface area contributed by atoms with Crippen LogP contribution in [-0.4, -0.2) is 41.2 Å². The molecule has 0 spiro atoms. The van der Waals surface area contributed by atoms with Gasteiger partial charge in [0, 0.05) is 0 Å². The Balaban J connectivity index is 1.69. The lowest BCUT2D eigenvalue weighted by atomic mass is 9.84. The molecule has 3 amide bonds. The molecule has 1 fully saturated rings. The van der Waals surface area contributed by atoms with Crippen LogP contribution < -0.4 is 5.32 Å². The lowest BCUT2D eigenvalue weighted by molar-refractivity contribution is -0.133. The van der Waals surface area contributed by atoms with Crippen LogP contribution in [0.3, 0.4) is 0 Å². The number of carbonyl (C=O) groups excluding carboxylic acids is 2. The Morgan fingerprint density at radius 1 is 1.28 bits per heavy atom. The number of rotatable bonds is 10. The maximum absolute atomic E-state index is 13.4. The molecule has 2 heterocycles. The molecule has 1 aromatic heterocycles. The molecule has 1 aromatic carbocycles. The van der Waals surface area contributed by atoms with E-state index in [0.29, 0.717) is 24.2 Å². The lowest BCUT2D eigenvalue weighted by Crippen LogP contribution is -2.45. The molecule has 7 nitrogen and oxygen atoms in total. The monoisotopic (exact) mass is 404 g/mol. The molecule has 0 bridgehead atoms. The zero-order valence-corrected chi connectivity index (χ0v) is 16.3. The summed E-state index contributed by atoms with van der Waals surface area (Å²) in [6.45, 7) is 1.91. The number of benzene rings is 1. The first-order chi connectivity index (χ1) is 14.0. The highest BCUT2D eigenvalue weighted by atomic mass is 19.1. The van der Waals surface area contributed by atoms with Crippen molar-refractivity contribution in [2.24, 2.45) is 0 Å².